The van der Waals surface area contributed by atoms with Gasteiger partial charge in [-0.05, 0) is 80.3 Å². The molecule has 1 aromatic carbocycles. The predicted molar refractivity (Wildman–Crippen MR) is 129 cm³/mol. The first-order chi connectivity index (χ1) is 17.0. The van der Waals surface area contributed by atoms with Crippen molar-refractivity contribution in [1.29, 1.82) is 0 Å². The summed E-state index contributed by atoms with van der Waals surface area (Å²) in [6.07, 6.45) is 10.5. The van der Waals surface area contributed by atoms with E-state index in [1.165, 1.54) is 18.4 Å². The van der Waals surface area contributed by atoms with Crippen molar-refractivity contribution < 1.29 is 15.0 Å². The van der Waals surface area contributed by atoms with Crippen LogP contribution in [0.4, 0.5) is 0 Å². The van der Waals surface area contributed by atoms with E-state index in [-0.39, 0.29) is 17.7 Å². The second-order valence-electron chi connectivity index (χ2n) is 11.0. The second kappa shape index (κ2) is 7.51. The summed E-state index contributed by atoms with van der Waals surface area (Å²) in [7, 11) is 0. The van der Waals surface area contributed by atoms with Crippen molar-refractivity contribution in [2.75, 3.05) is 26.2 Å². The van der Waals surface area contributed by atoms with Crippen LogP contribution in [0.5, 0.6) is 5.75 Å². The largest absolute Gasteiger partial charge is 0.508 e. The number of rotatable bonds is 3. The summed E-state index contributed by atoms with van der Waals surface area (Å²) in [4.78, 5) is 26.6. The van der Waals surface area contributed by atoms with E-state index in [2.05, 4.69) is 14.9 Å². The maximum Gasteiger partial charge on any atom is 0.272 e. The summed E-state index contributed by atoms with van der Waals surface area (Å²) in [6.45, 7) is 3.05. The van der Waals surface area contributed by atoms with E-state index in [0.29, 0.717) is 37.4 Å². The topological polar surface area (TPSA) is 94.2 Å². The molecule has 1 amide bonds. The van der Waals surface area contributed by atoms with Crippen LogP contribution in [0.2, 0.25) is 0 Å². The minimum atomic E-state index is -0.947. The van der Waals surface area contributed by atoms with Gasteiger partial charge in [0.15, 0.2) is 0 Å². The van der Waals surface area contributed by atoms with Crippen LogP contribution in [0.3, 0.4) is 0 Å². The van der Waals surface area contributed by atoms with Gasteiger partial charge in [-0.1, -0.05) is 6.07 Å². The maximum atomic E-state index is 13.7. The number of piperidine rings is 1. The molecule has 2 bridgehead atoms. The standard InChI is InChI=1S/C27H31N5O3/c33-20-5-4-19-14-23-27(35)8-13-30(24(34)22-16-29-25-28-9-1-10-32(22)25)11-6-26(27,21(19)15-20)7-12-31(23)17-18-2-3-18/h1,4-5,9-10,15-16,18,23,33,35H,2-3,6-8,11-14,17H2/t23-,26+,27-/m1/s1. The Morgan fingerprint density at radius 3 is 2.80 bits per heavy atom. The summed E-state index contributed by atoms with van der Waals surface area (Å²) in [5.74, 6) is 1.42. The maximum absolute atomic E-state index is 13.7. The molecule has 2 aliphatic carbocycles. The van der Waals surface area contributed by atoms with Gasteiger partial charge in [0.25, 0.3) is 5.91 Å². The van der Waals surface area contributed by atoms with Gasteiger partial charge < -0.3 is 15.1 Å². The van der Waals surface area contributed by atoms with Crippen molar-refractivity contribution in [3.05, 3.63) is 59.7 Å². The Kier molecular flexibility index (Phi) is 4.58. The number of carbonyl (C=O) groups excluding carboxylic acids is 1. The quantitative estimate of drug-likeness (QED) is 0.607. The number of hydrogen-bond donors (Lipinski definition) is 2. The number of amides is 1. The molecule has 2 saturated heterocycles. The van der Waals surface area contributed by atoms with Crippen LogP contribution in [-0.4, -0.2) is 78.1 Å². The SMILES string of the molecule is O=C(c1cnc2ncccn12)N1CC[C@]23CCN(CC4CC4)[C@H](Cc4ccc(O)cc42)[C@]3(O)CC1. The third kappa shape index (κ3) is 3.09. The molecule has 182 valence electrons. The van der Waals surface area contributed by atoms with E-state index >= 15 is 0 Å². The highest BCUT2D eigenvalue weighted by Crippen LogP contribution is 2.56. The summed E-state index contributed by atoms with van der Waals surface area (Å²) in [6, 6.07) is 7.51. The van der Waals surface area contributed by atoms with E-state index in [0.717, 1.165) is 37.4 Å². The molecule has 2 aromatic heterocycles. The number of aliphatic hydroxyl groups is 1. The lowest BCUT2D eigenvalue weighted by molar-refractivity contribution is -0.149. The summed E-state index contributed by atoms with van der Waals surface area (Å²) >= 11 is 0. The Balaban J connectivity index is 1.27. The van der Waals surface area contributed by atoms with Gasteiger partial charge in [0.05, 0.1) is 11.8 Å². The van der Waals surface area contributed by atoms with Crippen molar-refractivity contribution in [3.63, 3.8) is 0 Å². The zero-order valence-corrected chi connectivity index (χ0v) is 19.8. The number of benzene rings is 1. The van der Waals surface area contributed by atoms with E-state index in [9.17, 15) is 15.0 Å². The highest BCUT2D eigenvalue weighted by atomic mass is 16.3. The number of nitrogens with zero attached hydrogens (tertiary/aromatic N) is 5. The van der Waals surface area contributed by atoms with Gasteiger partial charge in [0, 0.05) is 43.5 Å². The molecular weight excluding hydrogens is 442 g/mol. The number of aromatic nitrogens is 3. The third-order valence-corrected chi connectivity index (χ3v) is 9.22. The van der Waals surface area contributed by atoms with Gasteiger partial charge in [-0.25, -0.2) is 9.97 Å². The zero-order chi connectivity index (χ0) is 23.8. The number of aromatic hydroxyl groups is 1. The van der Waals surface area contributed by atoms with Gasteiger partial charge >= 0.3 is 0 Å². The molecule has 3 atom stereocenters. The van der Waals surface area contributed by atoms with Crippen LogP contribution in [0.15, 0.2) is 42.9 Å². The van der Waals surface area contributed by atoms with E-state index in [1.807, 2.05) is 23.2 Å². The molecule has 3 fully saturated rings. The Morgan fingerprint density at radius 2 is 1.94 bits per heavy atom. The molecule has 8 heteroatoms. The number of phenolic OH excluding ortho intramolecular Hbond substituents is 1. The molecule has 7 rings (SSSR count). The fourth-order valence-electron chi connectivity index (χ4n) is 7.22. The Bertz CT molecular complexity index is 1320. The molecule has 1 saturated carbocycles. The second-order valence-corrected chi connectivity index (χ2v) is 11.0. The van der Waals surface area contributed by atoms with Crippen molar-refractivity contribution in [2.24, 2.45) is 5.92 Å². The monoisotopic (exact) mass is 473 g/mol. The lowest BCUT2D eigenvalue weighted by atomic mass is 9.52. The number of hydrogen-bond acceptors (Lipinski definition) is 6. The first-order valence-electron chi connectivity index (χ1n) is 12.8. The van der Waals surface area contributed by atoms with Crippen molar-refractivity contribution in [2.45, 2.75) is 55.6 Å². The average Bonchev–Trinajstić information content (AvgIpc) is 3.60. The molecule has 2 N–H and O–H groups in total. The molecule has 2 aliphatic heterocycles. The van der Waals surface area contributed by atoms with Crippen molar-refractivity contribution in [3.8, 4) is 5.75 Å². The highest BCUT2D eigenvalue weighted by Gasteiger charge is 2.63. The molecule has 0 spiro atoms. The van der Waals surface area contributed by atoms with Crippen LogP contribution in [0.25, 0.3) is 5.78 Å². The van der Waals surface area contributed by atoms with Gasteiger partial charge in [-0.2, -0.15) is 0 Å². The average molecular weight is 474 g/mol. The minimum Gasteiger partial charge on any atom is -0.508 e. The fourth-order valence-corrected chi connectivity index (χ4v) is 7.22. The van der Waals surface area contributed by atoms with E-state index in [1.54, 1.807) is 28.9 Å². The lowest BCUT2D eigenvalue weighted by Crippen LogP contribution is -2.71. The molecule has 4 aliphatic rings. The molecule has 4 heterocycles. The van der Waals surface area contributed by atoms with Gasteiger partial charge in [-0.15, -0.1) is 0 Å². The Morgan fingerprint density at radius 1 is 1.11 bits per heavy atom. The normalized spacial score (nSPS) is 30.5. The van der Waals surface area contributed by atoms with Gasteiger partial charge in [0.1, 0.15) is 11.4 Å². The molecule has 0 radical (unpaired) electrons. The molecule has 8 nitrogen and oxygen atoms in total. The van der Waals surface area contributed by atoms with E-state index < -0.39 is 11.0 Å². The molecule has 0 unspecified atom stereocenters. The summed E-state index contributed by atoms with van der Waals surface area (Å²) < 4.78 is 1.73. The number of fused-ring (bicyclic) bond motifs is 2. The van der Waals surface area contributed by atoms with Gasteiger partial charge in [-0.3, -0.25) is 14.1 Å². The molecular formula is C27H31N5O3. The molecule has 35 heavy (non-hydrogen) atoms. The number of likely N-dealkylation sites (tertiary alicyclic amines) is 2. The Hall–Kier alpha value is -2.97. The first-order valence-corrected chi connectivity index (χ1v) is 12.8. The fraction of sp³-hybridized carbons (Fsp3) is 0.519. The summed E-state index contributed by atoms with van der Waals surface area (Å²) in [5.41, 5.74) is 1.39. The molecule has 3 aromatic rings. The van der Waals surface area contributed by atoms with Crippen molar-refractivity contribution in [1.82, 2.24) is 24.2 Å². The number of phenols is 1. The van der Waals surface area contributed by atoms with Gasteiger partial charge in [0.2, 0.25) is 5.78 Å². The smallest absolute Gasteiger partial charge is 0.272 e. The van der Waals surface area contributed by atoms with Crippen LogP contribution in [0, 0.1) is 5.92 Å². The van der Waals surface area contributed by atoms with E-state index in [4.69, 9.17) is 0 Å². The highest BCUT2D eigenvalue weighted by molar-refractivity contribution is 5.93. The number of imidazole rings is 1. The first kappa shape index (κ1) is 21.3. The van der Waals surface area contributed by atoms with Crippen LogP contribution < -0.4 is 0 Å². The zero-order valence-electron chi connectivity index (χ0n) is 19.8. The minimum absolute atomic E-state index is 0.0314. The predicted octanol–water partition coefficient (Wildman–Crippen LogP) is 2.38. The van der Waals surface area contributed by atoms with Crippen LogP contribution in [0.1, 0.15) is 53.7 Å². The summed E-state index contributed by atoms with van der Waals surface area (Å²) in [5, 5.41) is 23.0. The third-order valence-electron chi connectivity index (χ3n) is 9.22. The lowest BCUT2D eigenvalue weighted by Gasteiger charge is -2.61. The van der Waals surface area contributed by atoms with Crippen LogP contribution >= 0.6 is 0 Å². The number of carbonyl (C=O) groups is 1. The van der Waals surface area contributed by atoms with Crippen molar-refractivity contribution >= 4 is 11.7 Å². The van der Waals surface area contributed by atoms with Crippen LogP contribution in [-0.2, 0) is 11.8 Å². The Labute approximate surface area is 204 Å².